The maximum absolute atomic E-state index is 12.7. The first-order valence-electron chi connectivity index (χ1n) is 7.75. The number of aryl methyl sites for hydroxylation is 1. The lowest BCUT2D eigenvalue weighted by Gasteiger charge is -2.15. The van der Waals surface area contributed by atoms with Gasteiger partial charge >= 0.3 is 6.18 Å². The average molecular weight is 347 g/mol. The molecule has 2 heterocycles. The molecular weight excluding hydrogens is 331 g/mol. The Morgan fingerprint density at radius 1 is 1.20 bits per heavy atom. The molecular formula is C18H16F3N3O. The van der Waals surface area contributed by atoms with Crippen LogP contribution in [-0.2, 0) is 6.18 Å². The van der Waals surface area contributed by atoms with Gasteiger partial charge in [0.15, 0.2) is 0 Å². The molecule has 1 aromatic heterocycles. The Balaban J connectivity index is 1.75. The maximum atomic E-state index is 12.7. The zero-order chi connectivity index (χ0) is 18.2. The topological polar surface area (TPSA) is 58.1 Å². The predicted molar refractivity (Wildman–Crippen MR) is 88.7 cm³/mol. The quantitative estimate of drug-likeness (QED) is 0.913. The molecule has 130 valence electrons. The lowest BCUT2D eigenvalue weighted by Crippen LogP contribution is -2.14. The number of alkyl halides is 3. The molecule has 7 heteroatoms. The first kappa shape index (κ1) is 17.1. The Hall–Kier alpha value is -2.70. The molecule has 0 radical (unpaired) electrons. The summed E-state index contributed by atoms with van der Waals surface area (Å²) in [7, 11) is 0. The fourth-order valence-corrected chi connectivity index (χ4v) is 2.77. The molecule has 0 saturated heterocycles. The number of halogens is 3. The van der Waals surface area contributed by atoms with Crippen LogP contribution in [0.1, 0.15) is 41.9 Å². The zero-order valence-corrected chi connectivity index (χ0v) is 13.7. The van der Waals surface area contributed by atoms with Gasteiger partial charge in [-0.2, -0.15) is 13.2 Å². The molecule has 1 aliphatic rings. The van der Waals surface area contributed by atoms with Gasteiger partial charge in [-0.25, -0.2) is 4.98 Å². The maximum Gasteiger partial charge on any atom is 0.416 e. The second-order valence-corrected chi connectivity index (χ2v) is 6.01. The van der Waals surface area contributed by atoms with Gasteiger partial charge in [-0.1, -0.05) is 19.1 Å². The molecule has 0 fully saturated rings. The van der Waals surface area contributed by atoms with Crippen molar-refractivity contribution in [2.24, 2.45) is 4.99 Å². The van der Waals surface area contributed by atoms with Crippen molar-refractivity contribution in [1.82, 2.24) is 9.97 Å². The van der Waals surface area contributed by atoms with Crippen LogP contribution in [0.25, 0.3) is 0 Å². The van der Waals surface area contributed by atoms with Crippen LogP contribution in [0.2, 0.25) is 0 Å². The van der Waals surface area contributed by atoms with E-state index in [4.69, 9.17) is 0 Å². The van der Waals surface area contributed by atoms with Gasteiger partial charge in [0.1, 0.15) is 5.82 Å². The summed E-state index contributed by atoms with van der Waals surface area (Å²) in [5.41, 5.74) is 2.05. The second kappa shape index (κ2) is 6.31. The van der Waals surface area contributed by atoms with E-state index in [1.54, 1.807) is 13.1 Å². The number of aromatic amines is 1. The number of nitrogens with one attached hydrogen (secondary N) is 1. The largest absolute Gasteiger partial charge is 0.416 e. The standard InChI is InChI=1S/C18H16F3N3O/c1-10(12-3-5-14(6-4-12)18(19,20)21)13-7-15(22-9-13)16-8-17(25)24-11(2)23-16/h3-6,8-10H,7H2,1-2H3,(H,23,24,25). The minimum Gasteiger partial charge on any atom is -0.311 e. The van der Waals surface area contributed by atoms with Crippen molar-refractivity contribution in [1.29, 1.82) is 0 Å². The van der Waals surface area contributed by atoms with Crippen molar-refractivity contribution in [2.75, 3.05) is 0 Å². The first-order chi connectivity index (χ1) is 11.7. The molecule has 1 unspecified atom stereocenters. The monoisotopic (exact) mass is 347 g/mol. The van der Waals surface area contributed by atoms with Gasteiger partial charge in [0, 0.05) is 24.6 Å². The molecule has 0 amide bonds. The molecule has 25 heavy (non-hydrogen) atoms. The van der Waals surface area contributed by atoms with E-state index in [9.17, 15) is 18.0 Å². The lowest BCUT2D eigenvalue weighted by molar-refractivity contribution is -0.137. The third-order valence-electron chi connectivity index (χ3n) is 4.21. The van der Waals surface area contributed by atoms with Crippen molar-refractivity contribution in [3.8, 4) is 0 Å². The van der Waals surface area contributed by atoms with Gasteiger partial charge in [0.05, 0.1) is 17.0 Å². The number of aliphatic imine (C=N–C) groups is 1. The number of aromatic nitrogens is 2. The zero-order valence-electron chi connectivity index (χ0n) is 13.7. The third kappa shape index (κ3) is 3.70. The molecule has 1 atom stereocenters. The molecule has 0 saturated carbocycles. The van der Waals surface area contributed by atoms with Gasteiger partial charge in [0.2, 0.25) is 0 Å². The van der Waals surface area contributed by atoms with Gasteiger partial charge in [-0.15, -0.1) is 0 Å². The number of H-pyrrole nitrogens is 1. The highest BCUT2D eigenvalue weighted by atomic mass is 19.4. The van der Waals surface area contributed by atoms with Crippen LogP contribution < -0.4 is 5.56 Å². The van der Waals surface area contributed by atoms with Crippen LogP contribution in [0, 0.1) is 6.92 Å². The molecule has 3 rings (SSSR count). The van der Waals surface area contributed by atoms with Crippen molar-refractivity contribution >= 4 is 5.71 Å². The normalized spacial score (nSPS) is 15.7. The van der Waals surface area contributed by atoms with Crippen molar-refractivity contribution in [2.45, 2.75) is 32.4 Å². The minimum absolute atomic E-state index is 0.0772. The summed E-state index contributed by atoms with van der Waals surface area (Å²) >= 11 is 0. The van der Waals surface area contributed by atoms with Gasteiger partial charge in [0.25, 0.3) is 5.56 Å². The summed E-state index contributed by atoms with van der Waals surface area (Å²) in [6.45, 7) is 3.61. The van der Waals surface area contributed by atoms with E-state index < -0.39 is 11.7 Å². The van der Waals surface area contributed by atoms with Crippen molar-refractivity contribution in [3.05, 3.63) is 75.1 Å². The lowest BCUT2D eigenvalue weighted by atomic mass is 9.90. The summed E-state index contributed by atoms with van der Waals surface area (Å²) in [6, 6.07) is 6.55. The predicted octanol–water partition coefficient (Wildman–Crippen LogP) is 3.98. The number of benzene rings is 1. The van der Waals surface area contributed by atoms with E-state index in [0.717, 1.165) is 23.3 Å². The molecule has 0 bridgehead atoms. The number of nitrogens with zero attached hydrogens (tertiary/aromatic N) is 2. The van der Waals surface area contributed by atoms with Crippen LogP contribution in [0.3, 0.4) is 0 Å². The summed E-state index contributed by atoms with van der Waals surface area (Å²) in [5.74, 6) is 0.432. The van der Waals surface area contributed by atoms with E-state index in [0.29, 0.717) is 23.7 Å². The number of allylic oxidation sites excluding steroid dienone is 1. The molecule has 0 aliphatic carbocycles. The smallest absolute Gasteiger partial charge is 0.311 e. The van der Waals surface area contributed by atoms with E-state index >= 15 is 0 Å². The Kier molecular flexibility index (Phi) is 4.32. The fraction of sp³-hybridized carbons (Fsp3) is 0.278. The molecule has 1 aromatic carbocycles. The Bertz CT molecular complexity index is 908. The second-order valence-electron chi connectivity index (χ2n) is 6.01. The van der Waals surface area contributed by atoms with Crippen LogP contribution >= 0.6 is 0 Å². The molecule has 1 aliphatic heterocycles. The van der Waals surface area contributed by atoms with E-state index in [1.165, 1.54) is 18.2 Å². The van der Waals surface area contributed by atoms with E-state index in [1.807, 2.05) is 6.92 Å². The minimum atomic E-state index is -4.34. The van der Waals surface area contributed by atoms with Crippen LogP contribution in [-0.4, -0.2) is 15.7 Å². The first-order valence-corrected chi connectivity index (χ1v) is 7.75. The number of hydrogen-bond acceptors (Lipinski definition) is 3. The van der Waals surface area contributed by atoms with Crippen molar-refractivity contribution in [3.63, 3.8) is 0 Å². The van der Waals surface area contributed by atoms with Gasteiger partial charge in [-0.05, 0) is 30.2 Å². The highest BCUT2D eigenvalue weighted by Gasteiger charge is 2.30. The van der Waals surface area contributed by atoms with Crippen LogP contribution in [0.4, 0.5) is 13.2 Å². The summed E-state index contributed by atoms with van der Waals surface area (Å²) in [6.07, 6.45) is -2.12. The summed E-state index contributed by atoms with van der Waals surface area (Å²) in [4.78, 5) is 22.7. The highest BCUT2D eigenvalue weighted by Crippen LogP contribution is 2.33. The summed E-state index contributed by atoms with van der Waals surface area (Å²) < 4.78 is 38.0. The van der Waals surface area contributed by atoms with E-state index in [2.05, 4.69) is 15.0 Å². The SMILES string of the molecule is Cc1nc(C2=NC=C(C(C)c3ccc(C(F)(F)F)cc3)C2)cc(=O)[nH]1. The average Bonchev–Trinajstić information content (AvgIpc) is 3.02. The Morgan fingerprint density at radius 2 is 1.88 bits per heavy atom. The Morgan fingerprint density at radius 3 is 2.48 bits per heavy atom. The molecule has 1 N–H and O–H groups in total. The number of hydrogen-bond donors (Lipinski definition) is 1. The molecule has 4 nitrogen and oxygen atoms in total. The number of rotatable bonds is 3. The fourth-order valence-electron chi connectivity index (χ4n) is 2.77. The van der Waals surface area contributed by atoms with Crippen molar-refractivity contribution < 1.29 is 13.2 Å². The van der Waals surface area contributed by atoms with E-state index in [-0.39, 0.29) is 11.5 Å². The molecule has 0 spiro atoms. The Labute approximate surface area is 142 Å². The van der Waals surface area contributed by atoms with Gasteiger partial charge < -0.3 is 4.98 Å². The van der Waals surface area contributed by atoms with Gasteiger partial charge in [-0.3, -0.25) is 9.79 Å². The summed E-state index contributed by atoms with van der Waals surface area (Å²) in [5, 5.41) is 0. The van der Waals surface area contributed by atoms with Crippen LogP contribution in [0.15, 0.2) is 51.9 Å². The third-order valence-corrected chi connectivity index (χ3v) is 4.21. The highest BCUT2D eigenvalue weighted by molar-refractivity contribution is 6.02. The molecule has 2 aromatic rings. The van der Waals surface area contributed by atoms with Crippen LogP contribution in [0.5, 0.6) is 0 Å².